The molecule has 2 aromatic carbocycles. The number of para-hydroxylation sites is 1. The van der Waals surface area contributed by atoms with Crippen LogP contribution in [0, 0.1) is 12.3 Å². The molecule has 5 rings (SSSR count). The first-order valence-electron chi connectivity index (χ1n) is 8.78. The molecule has 0 spiro atoms. The molecule has 2 bridgehead atoms. The van der Waals surface area contributed by atoms with E-state index in [0.29, 0.717) is 17.5 Å². The zero-order valence-electron chi connectivity index (χ0n) is 14.1. The average Bonchev–Trinajstić information content (AvgIpc) is 3.17. The van der Waals surface area contributed by atoms with Gasteiger partial charge in [-0.15, -0.1) is 0 Å². The first-order valence-corrected chi connectivity index (χ1v) is 8.78. The van der Waals surface area contributed by atoms with Crippen molar-refractivity contribution in [3.8, 4) is 0 Å². The lowest BCUT2D eigenvalue weighted by Crippen LogP contribution is -2.42. The summed E-state index contributed by atoms with van der Waals surface area (Å²) in [6.07, 6.45) is 4.01. The molecule has 0 N–H and O–H groups in total. The summed E-state index contributed by atoms with van der Waals surface area (Å²) in [5.41, 5.74) is 5.21. The molecule has 1 saturated carbocycles. The molecular formula is C21H23NO. The van der Waals surface area contributed by atoms with E-state index >= 15 is 0 Å². The minimum Gasteiger partial charge on any atom is -0.454 e. The largest absolute Gasteiger partial charge is 0.454 e. The van der Waals surface area contributed by atoms with E-state index in [1.54, 1.807) is 0 Å². The highest BCUT2D eigenvalue weighted by atomic mass is 16.3. The first kappa shape index (κ1) is 13.5. The predicted octanol–water partition coefficient (Wildman–Crippen LogP) is 5.66. The average molecular weight is 305 g/mol. The molecule has 0 radical (unpaired) electrons. The van der Waals surface area contributed by atoms with Crippen molar-refractivity contribution in [3.05, 3.63) is 42.0 Å². The molecule has 118 valence electrons. The molecule has 2 aliphatic rings. The van der Waals surface area contributed by atoms with Gasteiger partial charge in [0.2, 0.25) is 0 Å². The van der Waals surface area contributed by atoms with Crippen LogP contribution < -0.4 is 4.90 Å². The molecule has 2 heterocycles. The van der Waals surface area contributed by atoms with Gasteiger partial charge in [-0.25, -0.2) is 0 Å². The van der Waals surface area contributed by atoms with Gasteiger partial charge in [-0.05, 0) is 50.2 Å². The van der Waals surface area contributed by atoms with Crippen molar-refractivity contribution >= 4 is 27.6 Å². The number of furan rings is 1. The Morgan fingerprint density at radius 1 is 1.13 bits per heavy atom. The second-order valence-electron chi connectivity index (χ2n) is 7.84. The van der Waals surface area contributed by atoms with Gasteiger partial charge in [0.1, 0.15) is 5.58 Å². The summed E-state index contributed by atoms with van der Waals surface area (Å²) in [6, 6.07) is 14.1. The lowest BCUT2D eigenvalue weighted by Gasteiger charge is -2.40. The van der Waals surface area contributed by atoms with Crippen LogP contribution in [0.15, 0.2) is 40.8 Å². The topological polar surface area (TPSA) is 16.4 Å². The Morgan fingerprint density at radius 2 is 1.96 bits per heavy atom. The molecule has 2 nitrogen and oxygen atoms in total. The minimum absolute atomic E-state index is 0.464. The van der Waals surface area contributed by atoms with Gasteiger partial charge in [0.15, 0.2) is 5.58 Å². The Morgan fingerprint density at radius 3 is 2.74 bits per heavy atom. The number of hydrogen-bond acceptors (Lipinski definition) is 2. The van der Waals surface area contributed by atoms with Crippen molar-refractivity contribution in [2.75, 3.05) is 4.90 Å². The van der Waals surface area contributed by atoms with Crippen LogP contribution in [0.1, 0.15) is 38.7 Å². The summed E-state index contributed by atoms with van der Waals surface area (Å²) in [6.45, 7) is 7.09. The van der Waals surface area contributed by atoms with Gasteiger partial charge in [0.25, 0.3) is 0 Å². The second-order valence-corrected chi connectivity index (χ2v) is 7.84. The van der Waals surface area contributed by atoms with Gasteiger partial charge in [-0.2, -0.15) is 0 Å². The fraction of sp³-hybridized carbons (Fsp3) is 0.429. The van der Waals surface area contributed by atoms with Crippen LogP contribution >= 0.6 is 0 Å². The summed E-state index contributed by atoms with van der Waals surface area (Å²) in [5, 5.41) is 2.48. The van der Waals surface area contributed by atoms with Gasteiger partial charge >= 0.3 is 0 Å². The molecule has 3 unspecified atom stereocenters. The Kier molecular flexibility index (Phi) is 2.53. The molecular weight excluding hydrogens is 282 g/mol. The third-order valence-corrected chi connectivity index (χ3v) is 6.55. The highest BCUT2D eigenvalue weighted by Gasteiger charge is 2.52. The normalized spacial score (nSPS) is 30.0. The Balaban J connectivity index is 1.80. The number of rotatable bonds is 1. The predicted molar refractivity (Wildman–Crippen MR) is 96.1 cm³/mol. The van der Waals surface area contributed by atoms with Crippen LogP contribution in [0.3, 0.4) is 0 Å². The third kappa shape index (κ3) is 1.64. The molecule has 0 amide bonds. The number of aryl methyl sites for hydroxylation is 1. The van der Waals surface area contributed by atoms with E-state index in [1.807, 2.05) is 0 Å². The fourth-order valence-corrected chi connectivity index (χ4v) is 5.08. The van der Waals surface area contributed by atoms with Gasteiger partial charge < -0.3 is 9.32 Å². The highest BCUT2D eigenvalue weighted by molar-refractivity contribution is 6.09. The van der Waals surface area contributed by atoms with E-state index in [-0.39, 0.29) is 0 Å². The maximum absolute atomic E-state index is 6.32. The standard InChI is InChI=1S/C21H23NO/c1-13-8-9-17-16-6-4-5-7-18(16)23-20(17)19(13)22-14(2)21(3)11-10-15(22)12-21/h4-9,14-15H,10-12H2,1-3H3. The van der Waals surface area contributed by atoms with Gasteiger partial charge in [0, 0.05) is 22.9 Å². The number of piperidine rings is 1. The van der Waals surface area contributed by atoms with Crippen molar-refractivity contribution in [2.24, 2.45) is 5.41 Å². The van der Waals surface area contributed by atoms with Crippen molar-refractivity contribution in [1.82, 2.24) is 0 Å². The molecule has 23 heavy (non-hydrogen) atoms. The molecule has 2 heteroatoms. The second kappa shape index (κ2) is 4.31. The van der Waals surface area contributed by atoms with E-state index in [4.69, 9.17) is 4.42 Å². The number of anilines is 1. The molecule has 1 aliphatic carbocycles. The minimum atomic E-state index is 0.464. The van der Waals surface area contributed by atoms with Crippen molar-refractivity contribution < 1.29 is 4.42 Å². The Bertz CT molecular complexity index is 924. The van der Waals surface area contributed by atoms with Crippen molar-refractivity contribution in [1.29, 1.82) is 0 Å². The van der Waals surface area contributed by atoms with Crippen LogP contribution in [0.2, 0.25) is 0 Å². The number of benzene rings is 2. The van der Waals surface area contributed by atoms with Crippen LogP contribution in [-0.2, 0) is 0 Å². The maximum atomic E-state index is 6.32. The summed E-state index contributed by atoms with van der Waals surface area (Å²) in [5.74, 6) is 0. The van der Waals surface area contributed by atoms with Crippen molar-refractivity contribution in [3.63, 3.8) is 0 Å². The maximum Gasteiger partial charge on any atom is 0.158 e. The number of nitrogens with zero attached hydrogens (tertiary/aromatic N) is 1. The van der Waals surface area contributed by atoms with Gasteiger partial charge in [0.05, 0.1) is 5.69 Å². The fourth-order valence-electron chi connectivity index (χ4n) is 5.08. The van der Waals surface area contributed by atoms with E-state index in [1.165, 1.54) is 41.3 Å². The van der Waals surface area contributed by atoms with Crippen molar-refractivity contribution in [2.45, 2.75) is 52.1 Å². The summed E-state index contributed by atoms with van der Waals surface area (Å²) < 4.78 is 6.32. The molecule has 3 aromatic rings. The molecule has 2 fully saturated rings. The van der Waals surface area contributed by atoms with Crippen LogP contribution in [-0.4, -0.2) is 12.1 Å². The zero-order valence-corrected chi connectivity index (χ0v) is 14.1. The quantitative estimate of drug-likeness (QED) is 0.576. The monoisotopic (exact) mass is 305 g/mol. The molecule has 1 aromatic heterocycles. The zero-order chi connectivity index (χ0) is 15.8. The SMILES string of the molecule is Cc1ccc2c(oc3ccccc32)c1N1C2CCC(C)(C2)C1C. The van der Waals surface area contributed by atoms with Gasteiger partial charge in [-0.1, -0.05) is 37.3 Å². The third-order valence-electron chi connectivity index (χ3n) is 6.55. The van der Waals surface area contributed by atoms with E-state index < -0.39 is 0 Å². The first-order chi connectivity index (χ1) is 11.1. The van der Waals surface area contributed by atoms with E-state index in [0.717, 1.165) is 11.2 Å². The smallest absolute Gasteiger partial charge is 0.158 e. The Hall–Kier alpha value is -1.96. The lowest BCUT2D eigenvalue weighted by molar-refractivity contribution is 0.295. The van der Waals surface area contributed by atoms with Gasteiger partial charge in [-0.3, -0.25) is 0 Å². The number of fused-ring (bicyclic) bond motifs is 5. The molecule has 3 atom stereocenters. The van der Waals surface area contributed by atoms with Crippen LogP contribution in [0.25, 0.3) is 21.9 Å². The number of hydrogen-bond donors (Lipinski definition) is 0. The summed E-state index contributed by atoms with van der Waals surface area (Å²) in [7, 11) is 0. The Labute approximate surface area is 137 Å². The molecule has 1 saturated heterocycles. The summed E-state index contributed by atoms with van der Waals surface area (Å²) >= 11 is 0. The molecule has 1 aliphatic heterocycles. The van der Waals surface area contributed by atoms with Crippen LogP contribution in [0.4, 0.5) is 5.69 Å². The van der Waals surface area contributed by atoms with E-state index in [2.05, 4.69) is 62.1 Å². The summed E-state index contributed by atoms with van der Waals surface area (Å²) in [4.78, 5) is 2.67. The van der Waals surface area contributed by atoms with Crippen LogP contribution in [0.5, 0.6) is 0 Å². The highest BCUT2D eigenvalue weighted by Crippen LogP contribution is 2.55. The lowest BCUT2D eigenvalue weighted by atomic mass is 9.82. The van der Waals surface area contributed by atoms with E-state index in [9.17, 15) is 0 Å².